The van der Waals surface area contributed by atoms with Crippen molar-refractivity contribution in [3.63, 3.8) is 0 Å². The first-order chi connectivity index (χ1) is 8.97. The van der Waals surface area contributed by atoms with Gasteiger partial charge in [-0.15, -0.1) is 0 Å². The van der Waals surface area contributed by atoms with Gasteiger partial charge in [-0.05, 0) is 52.3 Å². The standard InChI is InChI=1S/C13H11BrFN3O/c14-9-3-2-8(15)6-12(9)18-11-4-1-7(13(17)19)5-10(11)16/h1-6,18H,16H2,(H2,17,19). The first-order valence-corrected chi connectivity index (χ1v) is 6.18. The summed E-state index contributed by atoms with van der Waals surface area (Å²) in [6.07, 6.45) is 0. The number of benzene rings is 2. The molecule has 0 unspecified atom stereocenters. The number of carbonyl (C=O) groups excluding carboxylic acids is 1. The monoisotopic (exact) mass is 323 g/mol. The van der Waals surface area contributed by atoms with Crippen LogP contribution in [-0.4, -0.2) is 5.91 Å². The molecule has 2 rings (SSSR count). The quantitative estimate of drug-likeness (QED) is 0.759. The largest absolute Gasteiger partial charge is 0.397 e. The van der Waals surface area contributed by atoms with Crippen molar-refractivity contribution >= 4 is 38.9 Å². The average Bonchev–Trinajstić information content (AvgIpc) is 2.36. The number of nitrogens with one attached hydrogen (secondary N) is 1. The fourth-order valence-corrected chi connectivity index (χ4v) is 1.91. The summed E-state index contributed by atoms with van der Waals surface area (Å²) in [7, 11) is 0. The molecule has 0 saturated heterocycles. The first-order valence-electron chi connectivity index (χ1n) is 5.39. The Morgan fingerprint density at radius 3 is 2.53 bits per heavy atom. The molecule has 0 aliphatic carbocycles. The van der Waals surface area contributed by atoms with Crippen molar-refractivity contribution in [2.24, 2.45) is 5.73 Å². The van der Waals surface area contributed by atoms with E-state index in [-0.39, 0.29) is 5.82 Å². The van der Waals surface area contributed by atoms with Crippen LogP contribution in [0.1, 0.15) is 10.4 Å². The maximum Gasteiger partial charge on any atom is 0.248 e. The highest BCUT2D eigenvalue weighted by molar-refractivity contribution is 9.10. The van der Waals surface area contributed by atoms with Gasteiger partial charge in [0.15, 0.2) is 0 Å². The smallest absolute Gasteiger partial charge is 0.248 e. The van der Waals surface area contributed by atoms with Gasteiger partial charge in [0.1, 0.15) is 5.82 Å². The number of primary amides is 1. The molecule has 0 aliphatic rings. The number of halogens is 2. The fraction of sp³-hybridized carbons (Fsp3) is 0. The maximum atomic E-state index is 13.2. The van der Waals surface area contributed by atoms with Crippen LogP contribution in [0, 0.1) is 5.82 Å². The topological polar surface area (TPSA) is 81.1 Å². The zero-order valence-electron chi connectivity index (χ0n) is 9.78. The van der Waals surface area contributed by atoms with Gasteiger partial charge in [-0.2, -0.15) is 0 Å². The molecule has 6 heteroatoms. The van der Waals surface area contributed by atoms with Gasteiger partial charge >= 0.3 is 0 Å². The summed E-state index contributed by atoms with van der Waals surface area (Å²) >= 11 is 3.31. The Balaban J connectivity index is 2.33. The molecular formula is C13H11BrFN3O. The van der Waals surface area contributed by atoms with Gasteiger partial charge in [-0.25, -0.2) is 4.39 Å². The molecule has 1 amide bonds. The number of carbonyl (C=O) groups is 1. The molecule has 0 aliphatic heterocycles. The molecule has 0 radical (unpaired) electrons. The normalized spacial score (nSPS) is 10.2. The Hall–Kier alpha value is -2.08. The number of anilines is 3. The van der Waals surface area contributed by atoms with Crippen molar-refractivity contribution in [3.05, 3.63) is 52.3 Å². The van der Waals surface area contributed by atoms with Gasteiger partial charge in [0.05, 0.1) is 17.1 Å². The van der Waals surface area contributed by atoms with Crippen LogP contribution in [0.5, 0.6) is 0 Å². The second kappa shape index (κ2) is 5.27. The summed E-state index contributed by atoms with van der Waals surface area (Å²) in [5.74, 6) is -0.914. The summed E-state index contributed by atoms with van der Waals surface area (Å²) in [5, 5.41) is 2.98. The predicted octanol–water partition coefficient (Wildman–Crippen LogP) is 3.01. The molecule has 0 aromatic heterocycles. The van der Waals surface area contributed by atoms with Crippen LogP contribution in [0.4, 0.5) is 21.5 Å². The van der Waals surface area contributed by atoms with E-state index in [0.29, 0.717) is 27.1 Å². The van der Waals surface area contributed by atoms with Gasteiger partial charge in [0, 0.05) is 10.0 Å². The zero-order valence-corrected chi connectivity index (χ0v) is 11.4. The maximum absolute atomic E-state index is 13.2. The number of hydrogen-bond acceptors (Lipinski definition) is 3. The molecule has 0 saturated carbocycles. The SMILES string of the molecule is NC(=O)c1ccc(Nc2cc(F)ccc2Br)c(N)c1. The highest BCUT2D eigenvalue weighted by Gasteiger charge is 2.07. The molecule has 0 spiro atoms. The highest BCUT2D eigenvalue weighted by Crippen LogP contribution is 2.29. The summed E-state index contributed by atoms with van der Waals surface area (Å²) in [6, 6.07) is 8.91. The molecule has 0 heterocycles. The van der Waals surface area contributed by atoms with Crippen LogP contribution in [0.2, 0.25) is 0 Å². The van der Waals surface area contributed by atoms with E-state index in [9.17, 15) is 9.18 Å². The van der Waals surface area contributed by atoms with Crippen molar-refractivity contribution in [1.82, 2.24) is 0 Å². The minimum atomic E-state index is -0.551. The van der Waals surface area contributed by atoms with Crippen LogP contribution in [0.15, 0.2) is 40.9 Å². The summed E-state index contributed by atoms with van der Waals surface area (Å²) < 4.78 is 13.9. The Labute approximate surface area is 117 Å². The molecule has 0 fully saturated rings. The zero-order chi connectivity index (χ0) is 14.0. The van der Waals surface area contributed by atoms with Gasteiger partial charge in [-0.3, -0.25) is 4.79 Å². The van der Waals surface area contributed by atoms with Crippen molar-refractivity contribution < 1.29 is 9.18 Å². The lowest BCUT2D eigenvalue weighted by atomic mass is 10.1. The number of amides is 1. The van der Waals surface area contributed by atoms with Crippen LogP contribution in [0.3, 0.4) is 0 Å². The molecule has 2 aromatic rings. The predicted molar refractivity (Wildman–Crippen MR) is 76.8 cm³/mol. The Morgan fingerprint density at radius 2 is 1.89 bits per heavy atom. The highest BCUT2D eigenvalue weighted by atomic mass is 79.9. The van der Waals surface area contributed by atoms with Crippen LogP contribution in [-0.2, 0) is 0 Å². The van der Waals surface area contributed by atoms with Crippen molar-refractivity contribution in [2.45, 2.75) is 0 Å². The van der Waals surface area contributed by atoms with Gasteiger partial charge in [0.25, 0.3) is 0 Å². The minimum Gasteiger partial charge on any atom is -0.397 e. The van der Waals surface area contributed by atoms with Crippen LogP contribution < -0.4 is 16.8 Å². The molecule has 5 N–H and O–H groups in total. The minimum absolute atomic E-state index is 0.321. The van der Waals surface area contributed by atoms with E-state index in [1.54, 1.807) is 18.2 Å². The molecule has 0 atom stereocenters. The van der Waals surface area contributed by atoms with E-state index in [4.69, 9.17) is 11.5 Å². The molecule has 4 nitrogen and oxygen atoms in total. The van der Waals surface area contributed by atoms with Crippen LogP contribution >= 0.6 is 15.9 Å². The average molecular weight is 324 g/mol. The molecular weight excluding hydrogens is 313 g/mol. The third-order valence-corrected chi connectivity index (χ3v) is 3.23. The van der Waals surface area contributed by atoms with Crippen LogP contribution in [0.25, 0.3) is 0 Å². The lowest BCUT2D eigenvalue weighted by Gasteiger charge is -2.11. The fourth-order valence-electron chi connectivity index (χ4n) is 1.57. The van der Waals surface area contributed by atoms with Gasteiger partial charge in [0.2, 0.25) is 5.91 Å². The first kappa shape index (κ1) is 13.4. The number of nitrogens with two attached hydrogens (primary N) is 2. The van der Waals surface area contributed by atoms with E-state index in [0.717, 1.165) is 0 Å². The Kier molecular flexibility index (Phi) is 3.71. The van der Waals surface area contributed by atoms with Crippen molar-refractivity contribution in [1.29, 1.82) is 0 Å². The number of nitrogen functional groups attached to an aromatic ring is 1. The van der Waals surface area contributed by atoms with E-state index < -0.39 is 5.91 Å². The van der Waals surface area contributed by atoms with Crippen molar-refractivity contribution in [3.8, 4) is 0 Å². The van der Waals surface area contributed by atoms with Crippen molar-refractivity contribution in [2.75, 3.05) is 11.1 Å². The number of hydrogen-bond donors (Lipinski definition) is 3. The second-order valence-electron chi connectivity index (χ2n) is 3.92. The van der Waals surface area contributed by atoms with E-state index in [1.165, 1.54) is 18.2 Å². The van der Waals surface area contributed by atoms with E-state index in [1.807, 2.05) is 0 Å². The van der Waals surface area contributed by atoms with Gasteiger partial charge < -0.3 is 16.8 Å². The Morgan fingerprint density at radius 1 is 1.16 bits per heavy atom. The third-order valence-electron chi connectivity index (χ3n) is 2.53. The Bertz CT molecular complexity index is 646. The molecule has 0 bridgehead atoms. The molecule has 98 valence electrons. The summed E-state index contributed by atoms with van der Waals surface area (Å²) in [6.45, 7) is 0. The second-order valence-corrected chi connectivity index (χ2v) is 4.77. The lowest BCUT2D eigenvalue weighted by Crippen LogP contribution is -2.11. The van der Waals surface area contributed by atoms with E-state index in [2.05, 4.69) is 21.2 Å². The molecule has 2 aromatic carbocycles. The molecule has 19 heavy (non-hydrogen) atoms. The van der Waals surface area contributed by atoms with E-state index >= 15 is 0 Å². The lowest BCUT2D eigenvalue weighted by molar-refractivity contribution is 0.100. The van der Waals surface area contributed by atoms with Gasteiger partial charge in [-0.1, -0.05) is 0 Å². The summed E-state index contributed by atoms with van der Waals surface area (Å²) in [5.41, 5.74) is 12.8. The summed E-state index contributed by atoms with van der Waals surface area (Å²) in [4.78, 5) is 11.0. The third kappa shape index (κ3) is 3.03. The number of rotatable bonds is 3.